The van der Waals surface area contributed by atoms with Crippen LogP contribution in [-0.2, 0) is 32.2 Å². The van der Waals surface area contributed by atoms with Gasteiger partial charge >= 0.3 is 0 Å². The van der Waals surface area contributed by atoms with Gasteiger partial charge in [0.25, 0.3) is 6.47 Å². The number of nitrogens with one attached hydrogen (secondary N) is 1. The monoisotopic (exact) mass is 449 g/mol. The van der Waals surface area contributed by atoms with Crippen molar-refractivity contribution in [2.24, 2.45) is 5.92 Å². The van der Waals surface area contributed by atoms with Gasteiger partial charge in [0.1, 0.15) is 0 Å². The second-order valence-corrected chi connectivity index (χ2v) is 8.83. The Balaban J connectivity index is 0.000000913. The Morgan fingerprint density at radius 3 is 2.59 bits per heavy atom. The van der Waals surface area contributed by atoms with E-state index in [0.29, 0.717) is 12.6 Å². The van der Waals surface area contributed by atoms with Crippen LogP contribution in [0.4, 0.5) is 0 Å². The van der Waals surface area contributed by atoms with E-state index < -0.39 is 0 Å². The maximum Gasteiger partial charge on any atom is 0.290 e. The number of aryl methyl sites for hydroxylation is 1. The molecule has 10 nitrogen and oxygen atoms in total. The minimum Gasteiger partial charge on any atom is -0.483 e. The molecule has 1 aromatic heterocycles. The predicted molar refractivity (Wildman–Crippen MR) is 117 cm³/mol. The highest BCUT2D eigenvalue weighted by atomic mass is 16.5. The summed E-state index contributed by atoms with van der Waals surface area (Å²) in [5, 5.41) is 14.5. The second-order valence-electron chi connectivity index (χ2n) is 8.83. The number of nitrogens with zero attached hydrogens (tertiary/aromatic N) is 4. The molecule has 32 heavy (non-hydrogen) atoms. The fourth-order valence-corrected chi connectivity index (χ4v) is 5.04. The van der Waals surface area contributed by atoms with Crippen molar-refractivity contribution < 1.29 is 24.2 Å². The van der Waals surface area contributed by atoms with Crippen LogP contribution >= 0.6 is 0 Å². The largest absolute Gasteiger partial charge is 0.483 e. The molecule has 10 heteroatoms. The molecule has 2 amide bonds. The molecule has 2 atom stereocenters. The molecule has 0 saturated carbocycles. The van der Waals surface area contributed by atoms with Gasteiger partial charge < -0.3 is 20.1 Å². The van der Waals surface area contributed by atoms with E-state index in [1.165, 1.54) is 0 Å². The van der Waals surface area contributed by atoms with Crippen LogP contribution in [-0.4, -0.2) is 87.9 Å². The zero-order valence-corrected chi connectivity index (χ0v) is 19.0. The molecule has 0 radical (unpaired) electrons. The summed E-state index contributed by atoms with van der Waals surface area (Å²) < 4.78 is 7.56. The van der Waals surface area contributed by atoms with E-state index in [9.17, 15) is 9.59 Å². The Bertz CT molecular complexity index is 792. The topological polar surface area (TPSA) is 117 Å². The first kappa shape index (κ1) is 24.2. The minimum atomic E-state index is -0.250. The maximum atomic E-state index is 13.4. The molecule has 0 spiro atoms. The van der Waals surface area contributed by atoms with Crippen molar-refractivity contribution in [3.63, 3.8) is 0 Å². The lowest BCUT2D eigenvalue weighted by Gasteiger charge is -2.37. The number of ether oxygens (including phenoxy) is 1. The van der Waals surface area contributed by atoms with Gasteiger partial charge in [0.2, 0.25) is 11.8 Å². The molecule has 3 aliphatic heterocycles. The Labute approximate surface area is 188 Å². The highest BCUT2D eigenvalue weighted by Gasteiger charge is 2.35. The molecule has 0 aromatic carbocycles. The lowest BCUT2D eigenvalue weighted by Crippen LogP contribution is -2.49. The van der Waals surface area contributed by atoms with E-state index in [1.807, 2.05) is 16.5 Å². The first-order valence-corrected chi connectivity index (χ1v) is 11.4. The van der Waals surface area contributed by atoms with Crippen molar-refractivity contribution in [3.8, 4) is 0 Å². The zero-order chi connectivity index (χ0) is 23.1. The molecular formula is C22H35N5O5. The van der Waals surface area contributed by atoms with Gasteiger partial charge in [0, 0.05) is 51.9 Å². The van der Waals surface area contributed by atoms with Crippen LogP contribution in [0.3, 0.4) is 0 Å². The Morgan fingerprint density at radius 1 is 1.19 bits per heavy atom. The summed E-state index contributed by atoms with van der Waals surface area (Å²) in [7, 11) is 0. The molecule has 0 unspecified atom stereocenters. The van der Waals surface area contributed by atoms with Gasteiger partial charge in [-0.05, 0) is 38.7 Å². The molecule has 0 bridgehead atoms. The lowest BCUT2D eigenvalue weighted by atomic mass is 9.99. The lowest BCUT2D eigenvalue weighted by molar-refractivity contribution is -0.138. The molecule has 4 heterocycles. The van der Waals surface area contributed by atoms with E-state index in [4.69, 9.17) is 14.6 Å². The molecule has 3 aliphatic rings. The number of fused-ring (bicyclic) bond motifs is 1. The number of amides is 2. The Morgan fingerprint density at radius 2 is 1.91 bits per heavy atom. The van der Waals surface area contributed by atoms with Gasteiger partial charge in [-0.1, -0.05) is 0 Å². The number of aromatic nitrogens is 2. The summed E-state index contributed by atoms with van der Waals surface area (Å²) in [4.78, 5) is 37.9. The van der Waals surface area contributed by atoms with Gasteiger partial charge in [-0.3, -0.25) is 24.0 Å². The summed E-state index contributed by atoms with van der Waals surface area (Å²) in [6, 6.07) is 2.62. The first-order chi connectivity index (χ1) is 15.4. The molecule has 2 N–H and O–H groups in total. The quantitative estimate of drug-likeness (QED) is 0.650. The molecule has 0 aliphatic carbocycles. The van der Waals surface area contributed by atoms with Crippen molar-refractivity contribution >= 4 is 18.3 Å². The van der Waals surface area contributed by atoms with E-state index in [2.05, 4.69) is 21.4 Å². The average Bonchev–Trinajstić information content (AvgIpc) is 3.01. The number of hydrogen-bond acceptors (Lipinski definition) is 6. The van der Waals surface area contributed by atoms with Crippen molar-refractivity contribution in [2.45, 2.75) is 64.7 Å². The fraction of sp³-hybridized carbons (Fsp3) is 0.727. The average molecular weight is 450 g/mol. The summed E-state index contributed by atoms with van der Waals surface area (Å²) in [5.74, 6) is 0.231. The molecule has 2 fully saturated rings. The number of likely N-dealkylation sites (tertiary alicyclic amines) is 1. The normalized spacial score (nSPS) is 24.5. The molecule has 4 rings (SSSR count). The third kappa shape index (κ3) is 6.29. The number of carbonyl (C=O) groups is 3. The van der Waals surface area contributed by atoms with Crippen LogP contribution in [0.15, 0.2) is 6.07 Å². The van der Waals surface area contributed by atoms with E-state index in [-0.39, 0.29) is 30.2 Å². The third-order valence-electron chi connectivity index (χ3n) is 6.47. The molecule has 1 aromatic rings. The van der Waals surface area contributed by atoms with Crippen molar-refractivity contribution in [3.05, 3.63) is 17.5 Å². The smallest absolute Gasteiger partial charge is 0.290 e. The van der Waals surface area contributed by atoms with Crippen molar-refractivity contribution in [1.29, 1.82) is 0 Å². The molecule has 178 valence electrons. The number of hydrogen-bond donors (Lipinski definition) is 2. The van der Waals surface area contributed by atoms with E-state index in [0.717, 1.165) is 76.5 Å². The molecular weight excluding hydrogens is 414 g/mol. The number of carbonyl (C=O) groups excluding carboxylic acids is 2. The number of rotatable bonds is 3. The van der Waals surface area contributed by atoms with Crippen LogP contribution in [0.5, 0.6) is 0 Å². The van der Waals surface area contributed by atoms with Gasteiger partial charge in [-0.15, -0.1) is 0 Å². The van der Waals surface area contributed by atoms with Crippen LogP contribution < -0.4 is 5.32 Å². The van der Waals surface area contributed by atoms with E-state index in [1.54, 1.807) is 6.92 Å². The standard InChI is InChI=1S/C21H33N5O3.CH2O2/c1-15-11-20-14-24(7-8-26(20)23-15)21(28)17-3-4-18(22-16(2)27)13-25(12-17)19-5-9-29-10-6-19;2-1-3/h11,17-19H,3-10,12-14H2,1-2H3,(H,22,27);1H,(H,2,3)/t17-,18+;/m1./s1. The summed E-state index contributed by atoms with van der Waals surface area (Å²) in [5.41, 5.74) is 2.13. The minimum absolute atomic E-state index is 0.00589. The van der Waals surface area contributed by atoms with Crippen LogP contribution in [0.25, 0.3) is 0 Å². The summed E-state index contributed by atoms with van der Waals surface area (Å²) >= 11 is 0. The van der Waals surface area contributed by atoms with Crippen LogP contribution in [0, 0.1) is 12.8 Å². The van der Waals surface area contributed by atoms with Crippen LogP contribution in [0.2, 0.25) is 0 Å². The highest BCUT2D eigenvalue weighted by molar-refractivity contribution is 5.79. The first-order valence-electron chi connectivity index (χ1n) is 11.4. The van der Waals surface area contributed by atoms with Gasteiger partial charge in [0.05, 0.1) is 30.4 Å². The maximum absolute atomic E-state index is 13.4. The second kappa shape index (κ2) is 11.4. The fourth-order valence-electron chi connectivity index (χ4n) is 5.04. The van der Waals surface area contributed by atoms with E-state index >= 15 is 0 Å². The van der Waals surface area contributed by atoms with Gasteiger partial charge in [-0.25, -0.2) is 0 Å². The summed E-state index contributed by atoms with van der Waals surface area (Å²) in [6.45, 7) is 8.59. The Kier molecular flexibility index (Phi) is 8.63. The van der Waals surface area contributed by atoms with Crippen LogP contribution in [0.1, 0.15) is 44.0 Å². The third-order valence-corrected chi connectivity index (χ3v) is 6.47. The van der Waals surface area contributed by atoms with Gasteiger partial charge in [0.15, 0.2) is 0 Å². The Hall–Kier alpha value is -2.46. The van der Waals surface area contributed by atoms with Crippen molar-refractivity contribution in [2.75, 3.05) is 32.8 Å². The van der Waals surface area contributed by atoms with Crippen molar-refractivity contribution in [1.82, 2.24) is 24.9 Å². The SMILES string of the molecule is CC(=O)N[C@H]1CC[C@@H](C(=O)N2CCn3nc(C)cc3C2)CN(C2CCOCC2)C1.O=CO. The number of carboxylic acid groups (broad SMARTS) is 1. The zero-order valence-electron chi connectivity index (χ0n) is 19.0. The van der Waals surface area contributed by atoms with Gasteiger partial charge in [-0.2, -0.15) is 5.10 Å². The molecule has 2 saturated heterocycles. The predicted octanol–water partition coefficient (Wildman–Crippen LogP) is 0.630. The highest BCUT2D eigenvalue weighted by Crippen LogP contribution is 2.26. The summed E-state index contributed by atoms with van der Waals surface area (Å²) in [6.07, 6.45) is 3.66.